The molecule has 0 amide bonds. The molecule has 1 fully saturated rings. The quantitative estimate of drug-likeness (QED) is 0.427. The van der Waals surface area contributed by atoms with Crippen LogP contribution in [-0.2, 0) is 4.74 Å². The van der Waals surface area contributed by atoms with Gasteiger partial charge in [0.1, 0.15) is 6.10 Å². The molecule has 1 unspecified atom stereocenters. The second kappa shape index (κ2) is 12.3. The monoisotopic (exact) mass is 248 g/mol. The Hall–Kier alpha value is -0.160. The van der Waals surface area contributed by atoms with Crippen molar-refractivity contribution >= 4 is 0 Å². The van der Waals surface area contributed by atoms with Gasteiger partial charge in [0.2, 0.25) is 0 Å². The van der Waals surface area contributed by atoms with E-state index in [1.165, 1.54) is 44.9 Å². The average Bonchev–Trinajstić information content (AvgIpc) is 3.17. The Bertz CT molecular complexity index is 144. The van der Waals surface area contributed by atoms with Gasteiger partial charge in [0.25, 0.3) is 0 Å². The highest BCUT2D eigenvalue weighted by Crippen LogP contribution is 2.17. The minimum atomic E-state index is -0.954. The predicted molar refractivity (Wildman–Crippen MR) is 67.9 cm³/mol. The number of hydrogen-bond acceptors (Lipinski definition) is 4. The lowest BCUT2D eigenvalue weighted by atomic mass is 10.1. The standard InChI is InChI=1S/C10H20O.C3H8O3/c1-2-3-4-5-6-7-8-10-9-11-10;4-1-3(6)2-5/h10H,2-9H2,1H3;3-6H,1-2H2. The lowest BCUT2D eigenvalue weighted by molar-refractivity contribution is 0.0450. The average molecular weight is 248 g/mol. The molecule has 1 heterocycles. The van der Waals surface area contributed by atoms with E-state index >= 15 is 0 Å². The molecule has 1 saturated heterocycles. The van der Waals surface area contributed by atoms with Crippen molar-refractivity contribution in [2.45, 2.75) is 64.1 Å². The molecule has 0 aromatic carbocycles. The molecule has 0 aliphatic carbocycles. The Kier molecular flexibility index (Phi) is 12.2. The smallest absolute Gasteiger partial charge is 0.100 e. The van der Waals surface area contributed by atoms with E-state index < -0.39 is 6.10 Å². The summed E-state index contributed by atoms with van der Waals surface area (Å²) < 4.78 is 5.14. The van der Waals surface area contributed by atoms with Crippen LogP contribution in [0.2, 0.25) is 0 Å². The molecular weight excluding hydrogens is 220 g/mol. The fourth-order valence-electron chi connectivity index (χ4n) is 1.44. The van der Waals surface area contributed by atoms with Gasteiger partial charge in [0.05, 0.1) is 25.9 Å². The van der Waals surface area contributed by atoms with E-state index in [0.29, 0.717) is 6.10 Å². The van der Waals surface area contributed by atoms with Gasteiger partial charge in [-0.2, -0.15) is 0 Å². The van der Waals surface area contributed by atoms with Gasteiger partial charge in [-0.05, 0) is 6.42 Å². The Balaban J connectivity index is 0.000000366. The molecule has 17 heavy (non-hydrogen) atoms. The van der Waals surface area contributed by atoms with Gasteiger partial charge in [-0.1, -0.05) is 45.4 Å². The lowest BCUT2D eigenvalue weighted by Crippen LogP contribution is -2.15. The maximum absolute atomic E-state index is 8.17. The number of unbranched alkanes of at least 4 members (excludes halogenated alkanes) is 5. The van der Waals surface area contributed by atoms with E-state index in [0.717, 1.165) is 6.61 Å². The lowest BCUT2D eigenvalue weighted by Gasteiger charge is -1.97. The van der Waals surface area contributed by atoms with Gasteiger partial charge in [0.15, 0.2) is 0 Å². The summed E-state index contributed by atoms with van der Waals surface area (Å²) in [5.41, 5.74) is 0. The summed E-state index contributed by atoms with van der Waals surface area (Å²) in [4.78, 5) is 0. The van der Waals surface area contributed by atoms with E-state index in [9.17, 15) is 0 Å². The zero-order valence-corrected chi connectivity index (χ0v) is 11.0. The molecule has 1 atom stereocenters. The van der Waals surface area contributed by atoms with Gasteiger partial charge in [-0.15, -0.1) is 0 Å². The van der Waals surface area contributed by atoms with E-state index in [1.54, 1.807) is 0 Å². The highest BCUT2D eigenvalue weighted by atomic mass is 16.6. The van der Waals surface area contributed by atoms with Crippen LogP contribution in [0.4, 0.5) is 0 Å². The van der Waals surface area contributed by atoms with Crippen molar-refractivity contribution in [1.82, 2.24) is 0 Å². The zero-order chi connectivity index (χ0) is 12.9. The van der Waals surface area contributed by atoms with E-state index in [1.807, 2.05) is 0 Å². The number of aliphatic hydroxyl groups excluding tert-OH is 3. The number of epoxide rings is 1. The van der Waals surface area contributed by atoms with E-state index in [-0.39, 0.29) is 13.2 Å². The first kappa shape index (κ1) is 16.8. The second-order valence-electron chi connectivity index (χ2n) is 4.53. The van der Waals surface area contributed by atoms with Gasteiger partial charge >= 0.3 is 0 Å². The SMILES string of the molecule is CCCCCCCCC1CO1.OCC(O)CO. The first-order chi connectivity index (χ1) is 8.24. The fourth-order valence-corrected chi connectivity index (χ4v) is 1.44. The van der Waals surface area contributed by atoms with Crippen LogP contribution < -0.4 is 0 Å². The molecule has 0 saturated carbocycles. The summed E-state index contributed by atoms with van der Waals surface area (Å²) in [5.74, 6) is 0. The first-order valence-electron chi connectivity index (χ1n) is 6.76. The third-order valence-corrected chi connectivity index (χ3v) is 2.70. The Morgan fingerprint density at radius 1 is 1.06 bits per heavy atom. The molecule has 0 spiro atoms. The topological polar surface area (TPSA) is 73.2 Å². The molecule has 0 aromatic rings. The Morgan fingerprint density at radius 2 is 1.59 bits per heavy atom. The van der Waals surface area contributed by atoms with Crippen LogP contribution >= 0.6 is 0 Å². The van der Waals surface area contributed by atoms with E-state index in [4.69, 9.17) is 20.1 Å². The first-order valence-corrected chi connectivity index (χ1v) is 6.76. The van der Waals surface area contributed by atoms with E-state index in [2.05, 4.69) is 6.92 Å². The number of rotatable bonds is 9. The molecule has 104 valence electrons. The third-order valence-electron chi connectivity index (χ3n) is 2.70. The molecule has 0 radical (unpaired) electrons. The van der Waals surface area contributed by atoms with Gasteiger partial charge in [0, 0.05) is 0 Å². The third kappa shape index (κ3) is 13.8. The molecule has 3 N–H and O–H groups in total. The van der Waals surface area contributed by atoms with Gasteiger partial charge < -0.3 is 20.1 Å². The number of aliphatic hydroxyl groups is 3. The van der Waals surface area contributed by atoms with Crippen LogP contribution in [0, 0.1) is 0 Å². The highest BCUT2D eigenvalue weighted by molar-refractivity contribution is 4.68. The summed E-state index contributed by atoms with van der Waals surface area (Å²) in [6, 6.07) is 0. The summed E-state index contributed by atoms with van der Waals surface area (Å²) in [5, 5.41) is 24.0. The molecule has 4 nitrogen and oxygen atoms in total. The van der Waals surface area contributed by atoms with Crippen molar-refractivity contribution in [1.29, 1.82) is 0 Å². The predicted octanol–water partition coefficient (Wildman–Crippen LogP) is 1.47. The van der Waals surface area contributed by atoms with Crippen molar-refractivity contribution in [2.75, 3.05) is 19.8 Å². The maximum Gasteiger partial charge on any atom is 0.100 e. The number of ether oxygens (including phenoxy) is 1. The minimum Gasteiger partial charge on any atom is -0.394 e. The zero-order valence-electron chi connectivity index (χ0n) is 11.0. The Labute approximate surface area is 105 Å². The summed E-state index contributed by atoms with van der Waals surface area (Å²) in [6.07, 6.45) is 9.44. The molecule has 4 heteroatoms. The van der Waals surface area contributed by atoms with Gasteiger partial charge in [-0.3, -0.25) is 0 Å². The fraction of sp³-hybridized carbons (Fsp3) is 1.00. The summed E-state index contributed by atoms with van der Waals surface area (Å²) in [6.45, 7) is 2.57. The van der Waals surface area contributed by atoms with Crippen molar-refractivity contribution in [2.24, 2.45) is 0 Å². The molecule has 0 bridgehead atoms. The molecule has 1 aliphatic rings. The largest absolute Gasteiger partial charge is 0.394 e. The highest BCUT2D eigenvalue weighted by Gasteiger charge is 2.20. The Morgan fingerprint density at radius 3 is 2.00 bits per heavy atom. The van der Waals surface area contributed by atoms with Crippen LogP contribution in [0.1, 0.15) is 51.9 Å². The van der Waals surface area contributed by atoms with Crippen LogP contribution in [0.5, 0.6) is 0 Å². The van der Waals surface area contributed by atoms with Crippen LogP contribution in [-0.4, -0.2) is 47.3 Å². The van der Waals surface area contributed by atoms with Crippen molar-refractivity contribution in [3.8, 4) is 0 Å². The number of hydrogen-bond donors (Lipinski definition) is 3. The van der Waals surface area contributed by atoms with Crippen LogP contribution in [0.25, 0.3) is 0 Å². The molecule has 1 aliphatic heterocycles. The normalized spacial score (nSPS) is 17.8. The van der Waals surface area contributed by atoms with Crippen LogP contribution in [0.15, 0.2) is 0 Å². The molecular formula is C13H28O4. The van der Waals surface area contributed by atoms with Crippen LogP contribution in [0.3, 0.4) is 0 Å². The van der Waals surface area contributed by atoms with Gasteiger partial charge in [-0.25, -0.2) is 0 Å². The van der Waals surface area contributed by atoms with Crippen molar-refractivity contribution in [3.05, 3.63) is 0 Å². The second-order valence-corrected chi connectivity index (χ2v) is 4.53. The van der Waals surface area contributed by atoms with Crippen molar-refractivity contribution in [3.63, 3.8) is 0 Å². The molecule has 0 aromatic heterocycles. The maximum atomic E-state index is 8.17. The van der Waals surface area contributed by atoms with Crippen molar-refractivity contribution < 1.29 is 20.1 Å². The summed E-state index contributed by atoms with van der Waals surface area (Å²) in [7, 11) is 0. The molecule has 1 rings (SSSR count). The minimum absolute atomic E-state index is 0.365. The summed E-state index contributed by atoms with van der Waals surface area (Å²) >= 11 is 0.